The number of aryl methyl sites for hydroxylation is 1. The molecular formula is C26H27N5O3S2. The Balaban J connectivity index is 1.41. The van der Waals surface area contributed by atoms with Gasteiger partial charge in [-0.2, -0.15) is 13.5 Å². The van der Waals surface area contributed by atoms with Gasteiger partial charge in [-0.25, -0.2) is 8.42 Å². The molecule has 1 aromatic heterocycles. The molecule has 0 spiro atoms. The first-order chi connectivity index (χ1) is 17.3. The minimum atomic E-state index is -4.06. The molecule has 3 aromatic carbocycles. The summed E-state index contributed by atoms with van der Waals surface area (Å²) < 4.78 is 38.0. The number of hydrogen-bond donors (Lipinski definition) is 1. The number of aromatic nitrogens is 2. The molecule has 2 heterocycles. The third-order valence-electron chi connectivity index (χ3n) is 6.50. The first-order valence-corrected chi connectivity index (χ1v) is 14.0. The van der Waals surface area contributed by atoms with E-state index in [9.17, 15) is 13.2 Å². The van der Waals surface area contributed by atoms with Crippen LogP contribution >= 0.6 is 11.7 Å². The summed E-state index contributed by atoms with van der Waals surface area (Å²) in [7, 11) is -4.06. The van der Waals surface area contributed by atoms with E-state index in [4.69, 9.17) is 0 Å². The summed E-state index contributed by atoms with van der Waals surface area (Å²) in [4.78, 5) is 17.9. The highest BCUT2D eigenvalue weighted by molar-refractivity contribution is 7.89. The topological polar surface area (TPSA) is 95.5 Å². The van der Waals surface area contributed by atoms with Crippen molar-refractivity contribution in [3.05, 3.63) is 83.9 Å². The zero-order valence-corrected chi connectivity index (χ0v) is 21.7. The van der Waals surface area contributed by atoms with Crippen LogP contribution in [0.25, 0.3) is 11.0 Å². The van der Waals surface area contributed by atoms with Crippen molar-refractivity contribution in [2.45, 2.75) is 30.8 Å². The monoisotopic (exact) mass is 521 g/mol. The number of fused-ring (bicyclic) bond motifs is 1. The molecule has 1 amide bonds. The molecule has 4 aromatic rings. The molecule has 1 aliphatic rings. The predicted molar refractivity (Wildman–Crippen MR) is 141 cm³/mol. The average Bonchev–Trinajstić information content (AvgIpc) is 3.37. The maximum Gasteiger partial charge on any atom is 0.245 e. The lowest BCUT2D eigenvalue weighted by atomic mass is 10.0. The van der Waals surface area contributed by atoms with Crippen molar-refractivity contribution in [3.8, 4) is 0 Å². The van der Waals surface area contributed by atoms with Crippen molar-refractivity contribution in [1.82, 2.24) is 18.4 Å². The molecule has 1 aliphatic heterocycles. The maximum absolute atomic E-state index is 13.8. The summed E-state index contributed by atoms with van der Waals surface area (Å²) >= 11 is 0.955. The van der Waals surface area contributed by atoms with E-state index in [1.165, 1.54) is 11.6 Å². The first kappa shape index (κ1) is 24.4. The molecule has 0 radical (unpaired) electrons. The second kappa shape index (κ2) is 9.96. The molecule has 0 bridgehead atoms. The third kappa shape index (κ3) is 4.84. The molecule has 0 saturated carbocycles. The van der Waals surface area contributed by atoms with Crippen molar-refractivity contribution in [2.75, 3.05) is 24.5 Å². The Morgan fingerprint density at radius 1 is 1.00 bits per heavy atom. The lowest BCUT2D eigenvalue weighted by molar-refractivity contribution is -0.133. The Morgan fingerprint density at radius 3 is 2.47 bits per heavy atom. The van der Waals surface area contributed by atoms with Crippen LogP contribution in [0.3, 0.4) is 0 Å². The number of nitrogens with zero attached hydrogens (tertiary/aromatic N) is 4. The molecule has 186 valence electrons. The number of rotatable bonds is 6. The number of nitrogens with one attached hydrogen (secondary N) is 1. The Labute approximate surface area is 214 Å². The average molecular weight is 522 g/mol. The summed E-state index contributed by atoms with van der Waals surface area (Å²) in [5, 5.41) is 0. The van der Waals surface area contributed by atoms with Crippen LogP contribution in [0, 0.1) is 6.92 Å². The van der Waals surface area contributed by atoms with Gasteiger partial charge in [-0.15, -0.1) is 0 Å². The van der Waals surface area contributed by atoms with Crippen molar-refractivity contribution in [3.63, 3.8) is 0 Å². The SMILES string of the molecule is Cc1ccc(N2CCN(C(=O)[C@H](NS(=O)(=O)c3cccc4nsnc34)c3ccccc3)C[C@@H]2C)cc1. The summed E-state index contributed by atoms with van der Waals surface area (Å²) in [6, 6.07) is 21.2. The van der Waals surface area contributed by atoms with Gasteiger partial charge < -0.3 is 9.80 Å². The van der Waals surface area contributed by atoms with Crippen LogP contribution in [0.5, 0.6) is 0 Å². The van der Waals surface area contributed by atoms with Gasteiger partial charge in [0.1, 0.15) is 22.0 Å². The summed E-state index contributed by atoms with van der Waals surface area (Å²) in [5.41, 5.74) is 3.71. The third-order valence-corrected chi connectivity index (χ3v) is 8.49. The quantitative estimate of drug-likeness (QED) is 0.415. The molecule has 1 N–H and O–H groups in total. The Morgan fingerprint density at radius 2 is 1.75 bits per heavy atom. The lowest BCUT2D eigenvalue weighted by Crippen LogP contribution is -2.56. The van der Waals surface area contributed by atoms with Crippen molar-refractivity contribution in [1.29, 1.82) is 0 Å². The smallest absolute Gasteiger partial charge is 0.245 e. The minimum Gasteiger partial charge on any atom is -0.365 e. The van der Waals surface area contributed by atoms with E-state index in [1.54, 1.807) is 41.3 Å². The van der Waals surface area contributed by atoms with E-state index < -0.39 is 16.1 Å². The second-order valence-corrected chi connectivity index (χ2v) is 11.2. The molecule has 0 unspecified atom stereocenters. The van der Waals surface area contributed by atoms with Gasteiger partial charge in [0.15, 0.2) is 0 Å². The van der Waals surface area contributed by atoms with Gasteiger partial charge in [-0.05, 0) is 43.7 Å². The zero-order valence-electron chi connectivity index (χ0n) is 20.0. The van der Waals surface area contributed by atoms with Crippen LogP contribution in [0.15, 0.2) is 77.7 Å². The zero-order chi connectivity index (χ0) is 25.3. The second-order valence-electron chi connectivity index (χ2n) is 9.02. The fourth-order valence-corrected chi connectivity index (χ4v) is 6.53. The number of anilines is 1. The molecule has 2 atom stereocenters. The number of sulfonamides is 1. The van der Waals surface area contributed by atoms with Gasteiger partial charge in [0.2, 0.25) is 15.9 Å². The Hall–Kier alpha value is -3.34. The van der Waals surface area contributed by atoms with Crippen LogP contribution in [0.1, 0.15) is 24.1 Å². The number of amides is 1. The van der Waals surface area contributed by atoms with Gasteiger partial charge >= 0.3 is 0 Å². The van der Waals surface area contributed by atoms with Gasteiger partial charge in [-0.3, -0.25) is 4.79 Å². The van der Waals surface area contributed by atoms with Crippen LogP contribution in [0.4, 0.5) is 5.69 Å². The van der Waals surface area contributed by atoms with E-state index in [2.05, 4.69) is 56.5 Å². The highest BCUT2D eigenvalue weighted by Crippen LogP contribution is 2.27. The van der Waals surface area contributed by atoms with E-state index in [-0.39, 0.29) is 16.8 Å². The summed E-state index contributed by atoms with van der Waals surface area (Å²) in [6.45, 7) is 5.78. The molecule has 1 fully saturated rings. The number of carbonyl (C=O) groups is 1. The van der Waals surface area contributed by atoms with Gasteiger partial charge in [-0.1, -0.05) is 54.1 Å². The van der Waals surface area contributed by atoms with Crippen LogP contribution in [-0.4, -0.2) is 53.6 Å². The number of hydrogen-bond acceptors (Lipinski definition) is 7. The molecule has 36 heavy (non-hydrogen) atoms. The molecule has 10 heteroatoms. The van der Waals surface area contributed by atoms with Gasteiger partial charge in [0, 0.05) is 31.4 Å². The van der Waals surface area contributed by atoms with Gasteiger partial charge in [0.05, 0.1) is 11.7 Å². The maximum atomic E-state index is 13.8. The number of piperazine rings is 1. The molecule has 5 rings (SSSR count). The summed E-state index contributed by atoms with van der Waals surface area (Å²) in [5.74, 6) is -0.274. The predicted octanol–water partition coefficient (Wildman–Crippen LogP) is 3.76. The van der Waals surface area contributed by atoms with Crippen molar-refractivity contribution in [2.24, 2.45) is 0 Å². The highest BCUT2D eigenvalue weighted by Gasteiger charge is 2.35. The van der Waals surface area contributed by atoms with Crippen LogP contribution in [0.2, 0.25) is 0 Å². The summed E-state index contributed by atoms with van der Waals surface area (Å²) in [6.07, 6.45) is 0. The van der Waals surface area contributed by atoms with Crippen LogP contribution in [-0.2, 0) is 14.8 Å². The van der Waals surface area contributed by atoms with E-state index in [0.29, 0.717) is 36.2 Å². The highest BCUT2D eigenvalue weighted by atomic mass is 32.2. The fraction of sp³-hybridized carbons (Fsp3) is 0.269. The molecule has 8 nitrogen and oxygen atoms in total. The Bertz CT molecular complexity index is 1470. The minimum absolute atomic E-state index is 0.0139. The normalized spacial score (nSPS) is 17.3. The molecule has 0 aliphatic carbocycles. The van der Waals surface area contributed by atoms with Crippen molar-refractivity contribution >= 4 is 44.4 Å². The van der Waals surface area contributed by atoms with Crippen LogP contribution < -0.4 is 9.62 Å². The Kier molecular flexibility index (Phi) is 6.74. The number of benzene rings is 3. The standard InChI is InChI=1S/C26H27N5O3S2/c1-18-11-13-21(14-12-18)31-16-15-30(17-19(31)2)26(32)24(20-7-4-3-5-8-20)29-36(33,34)23-10-6-9-22-25(23)28-35-27-22/h3-14,19,24,29H,15-17H2,1-2H3/t19-,24+/m0/s1. The van der Waals surface area contributed by atoms with E-state index in [1.807, 2.05) is 6.07 Å². The molecular weight excluding hydrogens is 494 g/mol. The fourth-order valence-electron chi connectivity index (χ4n) is 4.58. The van der Waals surface area contributed by atoms with E-state index in [0.717, 1.165) is 17.4 Å². The van der Waals surface area contributed by atoms with E-state index >= 15 is 0 Å². The molecule has 1 saturated heterocycles. The van der Waals surface area contributed by atoms with Crippen molar-refractivity contribution < 1.29 is 13.2 Å². The number of carbonyl (C=O) groups excluding carboxylic acids is 1. The first-order valence-electron chi connectivity index (χ1n) is 11.7. The lowest BCUT2D eigenvalue weighted by Gasteiger charge is -2.42. The van der Waals surface area contributed by atoms with Gasteiger partial charge in [0.25, 0.3) is 0 Å². The largest absolute Gasteiger partial charge is 0.365 e.